The molecule has 1 heterocycles. The van der Waals surface area contributed by atoms with Crippen molar-refractivity contribution in [2.24, 2.45) is 5.92 Å². The summed E-state index contributed by atoms with van der Waals surface area (Å²) in [4.78, 5) is 56.6. The molecule has 1 aliphatic rings. The van der Waals surface area contributed by atoms with Crippen molar-refractivity contribution in [3.05, 3.63) is 54.1 Å². The average molecular weight is 583 g/mol. The molecule has 228 valence electrons. The standard InChI is InChI=1S/C31H42N4O7/c1-6-35-16-18-42-27-10-8-7-9-24(27)29(37)33-26(20-28(36)32-25(31(35)39)19-21(2)3)30(38)34(4)15-17-41-23-13-11-22(40-5)12-14-23/h7-14,21,25-26H,6,15-20H2,1-5H3,(H,32,36)(H,33,37)/t25-,26+/m1/s1. The summed E-state index contributed by atoms with van der Waals surface area (Å²) in [5.74, 6) is 0.0368. The van der Waals surface area contributed by atoms with Crippen molar-refractivity contribution < 1.29 is 33.4 Å². The van der Waals surface area contributed by atoms with E-state index in [-0.39, 0.29) is 43.6 Å². The molecule has 2 N–H and O–H groups in total. The van der Waals surface area contributed by atoms with Crippen LogP contribution in [0.2, 0.25) is 0 Å². The zero-order valence-electron chi connectivity index (χ0n) is 25.1. The number of hydrogen-bond donors (Lipinski definition) is 2. The van der Waals surface area contributed by atoms with E-state index in [1.54, 1.807) is 67.6 Å². The van der Waals surface area contributed by atoms with Gasteiger partial charge in [0.15, 0.2) is 0 Å². The highest BCUT2D eigenvalue weighted by Gasteiger charge is 2.31. The molecule has 0 aromatic heterocycles. The predicted molar refractivity (Wildman–Crippen MR) is 158 cm³/mol. The maximum atomic E-state index is 13.5. The summed E-state index contributed by atoms with van der Waals surface area (Å²) >= 11 is 0. The quantitative estimate of drug-likeness (QED) is 0.465. The van der Waals surface area contributed by atoms with Crippen molar-refractivity contribution in [3.8, 4) is 17.2 Å². The lowest BCUT2D eigenvalue weighted by Gasteiger charge is -2.29. The number of methoxy groups -OCH3 is 1. The molecule has 0 spiro atoms. The Morgan fingerprint density at radius 1 is 1.07 bits per heavy atom. The molecular formula is C31H42N4O7. The molecule has 2 aromatic carbocycles. The van der Waals surface area contributed by atoms with Crippen molar-refractivity contribution in [2.75, 3.05) is 47.0 Å². The fourth-order valence-electron chi connectivity index (χ4n) is 4.61. The van der Waals surface area contributed by atoms with E-state index in [4.69, 9.17) is 14.2 Å². The van der Waals surface area contributed by atoms with Crippen LogP contribution in [0.3, 0.4) is 0 Å². The number of carbonyl (C=O) groups is 4. The third kappa shape index (κ3) is 9.12. The summed E-state index contributed by atoms with van der Waals surface area (Å²) in [6, 6.07) is 11.8. The molecule has 3 rings (SSSR count). The van der Waals surface area contributed by atoms with E-state index >= 15 is 0 Å². The summed E-state index contributed by atoms with van der Waals surface area (Å²) in [5.41, 5.74) is 0.227. The first-order valence-electron chi connectivity index (χ1n) is 14.3. The summed E-state index contributed by atoms with van der Waals surface area (Å²) in [5, 5.41) is 5.54. The van der Waals surface area contributed by atoms with Crippen LogP contribution in [0, 0.1) is 5.92 Å². The molecular weight excluding hydrogens is 540 g/mol. The van der Waals surface area contributed by atoms with E-state index in [1.165, 1.54) is 4.90 Å². The number of fused-ring (bicyclic) bond motifs is 1. The van der Waals surface area contributed by atoms with Gasteiger partial charge in [-0.3, -0.25) is 19.2 Å². The maximum Gasteiger partial charge on any atom is 0.255 e. The molecule has 4 amide bonds. The number of benzene rings is 2. The monoisotopic (exact) mass is 582 g/mol. The second-order valence-corrected chi connectivity index (χ2v) is 10.5. The minimum absolute atomic E-state index is 0.133. The number of para-hydroxylation sites is 1. The molecule has 11 nitrogen and oxygen atoms in total. The molecule has 11 heteroatoms. The van der Waals surface area contributed by atoms with Gasteiger partial charge in [-0.15, -0.1) is 0 Å². The molecule has 2 atom stereocenters. The van der Waals surface area contributed by atoms with Gasteiger partial charge in [0, 0.05) is 13.6 Å². The zero-order valence-corrected chi connectivity index (χ0v) is 25.1. The molecule has 1 aliphatic heterocycles. The van der Waals surface area contributed by atoms with Crippen LogP contribution in [0.5, 0.6) is 17.2 Å². The van der Waals surface area contributed by atoms with E-state index in [0.29, 0.717) is 36.8 Å². The lowest BCUT2D eigenvalue weighted by molar-refractivity contribution is -0.138. The number of ether oxygens (including phenoxy) is 3. The molecule has 0 aliphatic carbocycles. The highest BCUT2D eigenvalue weighted by Crippen LogP contribution is 2.20. The van der Waals surface area contributed by atoms with Gasteiger partial charge < -0.3 is 34.6 Å². The Hall–Kier alpha value is -4.28. The molecule has 0 fully saturated rings. The van der Waals surface area contributed by atoms with E-state index in [9.17, 15) is 19.2 Å². The fourth-order valence-corrected chi connectivity index (χ4v) is 4.61. The molecule has 0 radical (unpaired) electrons. The van der Waals surface area contributed by atoms with E-state index in [0.717, 1.165) is 0 Å². The van der Waals surface area contributed by atoms with Gasteiger partial charge >= 0.3 is 0 Å². The van der Waals surface area contributed by atoms with Crippen LogP contribution >= 0.6 is 0 Å². The second kappa shape index (κ2) is 15.6. The van der Waals surface area contributed by atoms with Gasteiger partial charge in [0.1, 0.15) is 42.5 Å². The number of carbonyl (C=O) groups excluding carboxylic acids is 4. The lowest BCUT2D eigenvalue weighted by Crippen LogP contribution is -2.54. The number of nitrogens with zero attached hydrogens (tertiary/aromatic N) is 2. The summed E-state index contributed by atoms with van der Waals surface area (Å²) in [7, 11) is 3.16. The van der Waals surface area contributed by atoms with Gasteiger partial charge in [-0.25, -0.2) is 0 Å². The Kier molecular flexibility index (Phi) is 12.0. The van der Waals surface area contributed by atoms with E-state index in [2.05, 4.69) is 10.6 Å². The topological polar surface area (TPSA) is 127 Å². The molecule has 2 aromatic rings. The smallest absolute Gasteiger partial charge is 0.255 e. The summed E-state index contributed by atoms with van der Waals surface area (Å²) in [6.07, 6.45) is 0.0869. The Labute approximate surface area is 247 Å². The number of nitrogens with one attached hydrogen (secondary N) is 2. The normalized spacial score (nSPS) is 18.2. The number of likely N-dealkylation sites (N-methyl/N-ethyl adjacent to an activating group) is 2. The highest BCUT2D eigenvalue weighted by atomic mass is 16.5. The molecule has 0 saturated carbocycles. The number of hydrogen-bond acceptors (Lipinski definition) is 7. The van der Waals surface area contributed by atoms with Crippen LogP contribution < -0.4 is 24.8 Å². The highest BCUT2D eigenvalue weighted by molar-refractivity contribution is 6.01. The van der Waals surface area contributed by atoms with Crippen LogP contribution in [-0.4, -0.2) is 92.5 Å². The molecule has 0 bridgehead atoms. The largest absolute Gasteiger partial charge is 0.497 e. The zero-order chi connectivity index (χ0) is 30.6. The number of amides is 4. The van der Waals surface area contributed by atoms with Crippen LogP contribution in [0.1, 0.15) is 44.0 Å². The summed E-state index contributed by atoms with van der Waals surface area (Å²) in [6.45, 7) is 7.08. The average Bonchev–Trinajstić information content (AvgIpc) is 2.97. The molecule has 42 heavy (non-hydrogen) atoms. The van der Waals surface area contributed by atoms with Crippen molar-refractivity contribution in [1.29, 1.82) is 0 Å². The minimum atomic E-state index is -1.18. The first-order valence-corrected chi connectivity index (χ1v) is 14.3. The van der Waals surface area contributed by atoms with Crippen LogP contribution in [0.25, 0.3) is 0 Å². The van der Waals surface area contributed by atoms with Crippen molar-refractivity contribution in [2.45, 2.75) is 45.7 Å². The van der Waals surface area contributed by atoms with Crippen molar-refractivity contribution in [1.82, 2.24) is 20.4 Å². The second-order valence-electron chi connectivity index (χ2n) is 10.5. The van der Waals surface area contributed by atoms with Gasteiger partial charge in [-0.1, -0.05) is 26.0 Å². The van der Waals surface area contributed by atoms with Gasteiger partial charge in [0.2, 0.25) is 17.7 Å². The van der Waals surface area contributed by atoms with Gasteiger partial charge in [0.25, 0.3) is 5.91 Å². The first-order chi connectivity index (χ1) is 20.1. The van der Waals surface area contributed by atoms with Crippen molar-refractivity contribution in [3.63, 3.8) is 0 Å². The predicted octanol–water partition coefficient (Wildman–Crippen LogP) is 2.49. The Morgan fingerprint density at radius 2 is 1.76 bits per heavy atom. The third-order valence-electron chi connectivity index (χ3n) is 6.91. The van der Waals surface area contributed by atoms with Crippen molar-refractivity contribution >= 4 is 23.6 Å². The maximum absolute atomic E-state index is 13.5. The van der Waals surface area contributed by atoms with Crippen LogP contribution in [0.4, 0.5) is 0 Å². The lowest BCUT2D eigenvalue weighted by atomic mass is 10.0. The van der Waals surface area contributed by atoms with Gasteiger partial charge in [0.05, 0.1) is 32.2 Å². The fraction of sp³-hybridized carbons (Fsp3) is 0.484. The minimum Gasteiger partial charge on any atom is -0.497 e. The SMILES string of the molecule is CCN1CCOc2ccccc2C(=O)N[C@H](C(=O)N(C)CCOc2ccc(OC)cc2)CC(=O)N[C@H](CC(C)C)C1=O. The van der Waals surface area contributed by atoms with E-state index < -0.39 is 29.8 Å². The third-order valence-corrected chi connectivity index (χ3v) is 6.91. The Morgan fingerprint density at radius 3 is 2.43 bits per heavy atom. The number of rotatable bonds is 9. The Balaban J connectivity index is 1.81. The summed E-state index contributed by atoms with van der Waals surface area (Å²) < 4.78 is 16.8. The van der Waals surface area contributed by atoms with Gasteiger partial charge in [-0.05, 0) is 55.7 Å². The molecule has 0 saturated heterocycles. The van der Waals surface area contributed by atoms with Crippen LogP contribution in [-0.2, 0) is 14.4 Å². The first kappa shape index (κ1) is 32.2. The van der Waals surface area contributed by atoms with Gasteiger partial charge in [-0.2, -0.15) is 0 Å². The van der Waals surface area contributed by atoms with Crippen LogP contribution in [0.15, 0.2) is 48.5 Å². The van der Waals surface area contributed by atoms with E-state index in [1.807, 2.05) is 20.8 Å². The molecule has 0 unspecified atom stereocenters. The Bertz CT molecular complexity index is 1220.